The van der Waals surface area contributed by atoms with E-state index in [-0.39, 0.29) is 17.2 Å². The van der Waals surface area contributed by atoms with Crippen LogP contribution in [0.5, 0.6) is 0 Å². The first-order valence-electron chi connectivity index (χ1n) is 8.20. The molecular weight excluding hydrogens is 419 g/mol. The van der Waals surface area contributed by atoms with Gasteiger partial charge in [-0.2, -0.15) is 0 Å². The summed E-state index contributed by atoms with van der Waals surface area (Å²) in [5.74, 6) is -0.326. The van der Waals surface area contributed by atoms with Crippen molar-refractivity contribution >= 4 is 44.8 Å². The molecule has 0 unspecified atom stereocenters. The molecule has 0 heterocycles. The first-order valence-corrected chi connectivity index (χ1v) is 10.5. The summed E-state index contributed by atoms with van der Waals surface area (Å²) in [6.45, 7) is 0. The number of rotatable bonds is 5. The van der Waals surface area contributed by atoms with Crippen molar-refractivity contribution in [3.63, 3.8) is 0 Å². The Hall–Kier alpha value is -2.38. The lowest BCUT2D eigenvalue weighted by Crippen LogP contribution is -2.17. The minimum atomic E-state index is -4.02. The van der Waals surface area contributed by atoms with E-state index in [1.165, 1.54) is 6.07 Å². The Morgan fingerprint density at radius 1 is 0.964 bits per heavy atom. The zero-order valence-corrected chi connectivity index (χ0v) is 16.9. The van der Waals surface area contributed by atoms with Crippen LogP contribution >= 0.6 is 23.2 Å². The molecule has 0 aliphatic heterocycles. The van der Waals surface area contributed by atoms with Crippen LogP contribution in [0.1, 0.15) is 5.56 Å². The molecular formula is C20H16Cl2N2O3S. The highest BCUT2D eigenvalue weighted by Gasteiger charge is 2.17. The monoisotopic (exact) mass is 434 g/mol. The number of sulfonamides is 1. The van der Waals surface area contributed by atoms with Crippen molar-refractivity contribution in [1.82, 2.24) is 0 Å². The average molecular weight is 435 g/mol. The topological polar surface area (TPSA) is 89.3 Å². The number of amides is 1. The number of carbonyl (C=O) groups is 1. The molecule has 0 atom stereocenters. The smallest absolute Gasteiger partial charge is 0.238 e. The van der Waals surface area contributed by atoms with Crippen LogP contribution in [-0.4, -0.2) is 14.3 Å². The van der Waals surface area contributed by atoms with E-state index in [9.17, 15) is 13.2 Å². The zero-order chi connectivity index (χ0) is 20.3. The fourth-order valence-electron chi connectivity index (χ4n) is 2.72. The molecule has 0 aliphatic carbocycles. The number of anilines is 1. The van der Waals surface area contributed by atoms with Crippen LogP contribution < -0.4 is 10.5 Å². The maximum absolute atomic E-state index is 12.3. The van der Waals surface area contributed by atoms with E-state index >= 15 is 0 Å². The molecule has 1 amide bonds. The van der Waals surface area contributed by atoms with E-state index in [2.05, 4.69) is 5.32 Å². The Morgan fingerprint density at radius 2 is 1.64 bits per heavy atom. The lowest BCUT2D eigenvalue weighted by Gasteiger charge is -2.12. The van der Waals surface area contributed by atoms with Gasteiger partial charge in [0.05, 0.1) is 11.3 Å². The SMILES string of the molecule is NS(=O)(=O)c1cc(NC(=O)Cc2ccccc2Cl)ccc1-c1ccc(Cl)cc1. The molecule has 0 fully saturated rings. The lowest BCUT2D eigenvalue weighted by atomic mass is 10.1. The van der Waals surface area contributed by atoms with E-state index in [4.69, 9.17) is 28.3 Å². The average Bonchev–Trinajstić information content (AvgIpc) is 2.64. The fourth-order valence-corrected chi connectivity index (χ4v) is 3.84. The number of primary sulfonamides is 1. The summed E-state index contributed by atoms with van der Waals surface area (Å²) in [5, 5.41) is 9.08. The van der Waals surface area contributed by atoms with Crippen LogP contribution in [0.3, 0.4) is 0 Å². The fraction of sp³-hybridized carbons (Fsp3) is 0.0500. The van der Waals surface area contributed by atoms with Gasteiger partial charge in [-0.15, -0.1) is 0 Å². The van der Waals surface area contributed by atoms with Crippen LogP contribution in [0.4, 0.5) is 5.69 Å². The molecule has 0 radical (unpaired) electrons. The molecule has 0 bridgehead atoms. The van der Waals surface area contributed by atoms with Crippen LogP contribution in [0, 0.1) is 0 Å². The van der Waals surface area contributed by atoms with Crippen molar-refractivity contribution < 1.29 is 13.2 Å². The highest BCUT2D eigenvalue weighted by Crippen LogP contribution is 2.30. The van der Waals surface area contributed by atoms with Gasteiger partial charge in [-0.25, -0.2) is 13.6 Å². The standard InChI is InChI=1S/C20H16Cl2N2O3S/c21-15-7-5-13(6-8-15)17-10-9-16(12-19(17)28(23,26)27)24-20(25)11-14-3-1-2-4-18(14)22/h1-10,12H,11H2,(H,24,25)(H2,23,26,27). The summed E-state index contributed by atoms with van der Waals surface area (Å²) in [5.41, 5.74) is 2.05. The predicted molar refractivity (Wildman–Crippen MR) is 112 cm³/mol. The van der Waals surface area contributed by atoms with E-state index in [0.29, 0.717) is 32.4 Å². The number of nitrogens with two attached hydrogens (primary N) is 1. The first-order chi connectivity index (χ1) is 13.2. The minimum Gasteiger partial charge on any atom is -0.326 e. The van der Waals surface area contributed by atoms with Gasteiger partial charge in [-0.1, -0.05) is 59.6 Å². The molecule has 144 valence electrons. The van der Waals surface area contributed by atoms with Crippen molar-refractivity contribution in [2.24, 2.45) is 5.14 Å². The van der Waals surface area contributed by atoms with Gasteiger partial charge in [0.1, 0.15) is 0 Å². The summed E-state index contributed by atoms with van der Waals surface area (Å²) >= 11 is 12.0. The Bertz CT molecular complexity index is 1130. The first kappa shape index (κ1) is 20.4. The molecule has 28 heavy (non-hydrogen) atoms. The molecule has 8 heteroatoms. The van der Waals surface area contributed by atoms with Gasteiger partial charge in [0.15, 0.2) is 0 Å². The summed E-state index contributed by atoms with van der Waals surface area (Å²) in [6.07, 6.45) is 0.0588. The van der Waals surface area contributed by atoms with E-state index < -0.39 is 10.0 Å². The van der Waals surface area contributed by atoms with Gasteiger partial charge < -0.3 is 5.32 Å². The number of halogens is 2. The predicted octanol–water partition coefficient (Wildman–Crippen LogP) is 4.49. The van der Waals surface area contributed by atoms with Gasteiger partial charge >= 0.3 is 0 Å². The van der Waals surface area contributed by atoms with E-state index in [0.717, 1.165) is 0 Å². The Morgan fingerprint density at radius 3 is 2.29 bits per heavy atom. The molecule has 0 aromatic heterocycles. The maximum Gasteiger partial charge on any atom is 0.238 e. The second kappa shape index (κ2) is 8.32. The second-order valence-corrected chi connectivity index (χ2v) is 8.45. The number of hydrogen-bond donors (Lipinski definition) is 2. The summed E-state index contributed by atoms with van der Waals surface area (Å²) < 4.78 is 24.2. The largest absolute Gasteiger partial charge is 0.326 e. The summed E-state index contributed by atoms with van der Waals surface area (Å²) in [4.78, 5) is 12.2. The Balaban J connectivity index is 1.90. The summed E-state index contributed by atoms with van der Waals surface area (Å²) in [7, 11) is -4.02. The Labute approximate surface area is 173 Å². The lowest BCUT2D eigenvalue weighted by molar-refractivity contribution is -0.115. The second-order valence-electron chi connectivity index (χ2n) is 6.08. The van der Waals surface area contributed by atoms with Crippen LogP contribution in [0.15, 0.2) is 71.6 Å². The molecule has 0 spiro atoms. The third-order valence-corrected chi connectivity index (χ3v) is 5.61. The van der Waals surface area contributed by atoms with Gasteiger partial charge in [-0.3, -0.25) is 4.79 Å². The van der Waals surface area contributed by atoms with Crippen molar-refractivity contribution in [3.05, 3.63) is 82.3 Å². The van der Waals surface area contributed by atoms with Crippen molar-refractivity contribution in [2.45, 2.75) is 11.3 Å². The van der Waals surface area contributed by atoms with Crippen molar-refractivity contribution in [1.29, 1.82) is 0 Å². The van der Waals surface area contributed by atoms with Crippen molar-refractivity contribution in [2.75, 3.05) is 5.32 Å². The highest BCUT2D eigenvalue weighted by molar-refractivity contribution is 7.89. The third kappa shape index (κ3) is 4.91. The number of carbonyl (C=O) groups excluding carboxylic acids is 1. The molecule has 0 aliphatic rings. The normalized spacial score (nSPS) is 11.2. The molecule has 5 nitrogen and oxygen atoms in total. The molecule has 0 saturated heterocycles. The molecule has 0 saturated carbocycles. The number of benzene rings is 3. The van der Waals surface area contributed by atoms with Gasteiger partial charge in [0.25, 0.3) is 0 Å². The van der Waals surface area contributed by atoms with Crippen molar-refractivity contribution in [3.8, 4) is 11.1 Å². The van der Waals surface area contributed by atoms with E-state index in [1.807, 2.05) is 0 Å². The molecule has 3 aromatic rings. The minimum absolute atomic E-state index is 0.0588. The number of nitrogens with one attached hydrogen (secondary N) is 1. The summed E-state index contributed by atoms with van der Waals surface area (Å²) in [6, 6.07) is 18.3. The third-order valence-electron chi connectivity index (χ3n) is 4.04. The van der Waals surface area contributed by atoms with Crippen LogP contribution in [0.2, 0.25) is 10.0 Å². The Kier molecular flexibility index (Phi) is 6.05. The van der Waals surface area contributed by atoms with Gasteiger partial charge in [0, 0.05) is 21.3 Å². The zero-order valence-electron chi connectivity index (χ0n) is 14.5. The van der Waals surface area contributed by atoms with Gasteiger partial charge in [0.2, 0.25) is 15.9 Å². The van der Waals surface area contributed by atoms with Crippen LogP contribution in [0.25, 0.3) is 11.1 Å². The van der Waals surface area contributed by atoms with E-state index in [1.54, 1.807) is 60.7 Å². The van der Waals surface area contributed by atoms with Crippen LogP contribution in [-0.2, 0) is 21.2 Å². The molecule has 3 rings (SSSR count). The maximum atomic E-state index is 12.3. The molecule has 3 N–H and O–H groups in total. The number of hydrogen-bond acceptors (Lipinski definition) is 3. The molecule has 3 aromatic carbocycles. The highest BCUT2D eigenvalue weighted by atomic mass is 35.5. The van der Waals surface area contributed by atoms with Gasteiger partial charge in [-0.05, 0) is 41.5 Å². The quantitative estimate of drug-likeness (QED) is 0.619.